The van der Waals surface area contributed by atoms with Crippen LogP contribution in [0.3, 0.4) is 0 Å². The van der Waals surface area contributed by atoms with Gasteiger partial charge in [0.25, 0.3) is 0 Å². The Kier molecular flexibility index (Phi) is 5.74. The first kappa shape index (κ1) is 28.3. The maximum absolute atomic E-state index is 2.52. The van der Waals surface area contributed by atoms with Crippen molar-refractivity contribution in [3.05, 3.63) is 181 Å². The molecule has 0 amide bonds. The first-order valence-corrected chi connectivity index (χ1v) is 18.8. The van der Waals surface area contributed by atoms with Crippen LogP contribution in [-0.2, 0) is 6.42 Å². The van der Waals surface area contributed by atoms with Crippen molar-refractivity contribution in [3.63, 3.8) is 0 Å². The molecule has 0 saturated carbocycles. The third kappa shape index (κ3) is 3.78. The molecule has 0 radical (unpaired) electrons. The first-order chi connectivity index (χ1) is 25.8. The summed E-state index contributed by atoms with van der Waals surface area (Å²) in [5, 5.41) is 7.80. The topological polar surface area (TPSA) is 9.86 Å². The van der Waals surface area contributed by atoms with Crippen LogP contribution in [-0.4, -0.2) is 9.13 Å². The molecular weight excluding hydrogens is 649 g/mol. The van der Waals surface area contributed by atoms with Gasteiger partial charge in [0.15, 0.2) is 0 Å². The fourth-order valence-electron chi connectivity index (χ4n) is 9.19. The monoisotopic (exact) mass is 678 g/mol. The molecule has 3 heteroatoms. The molecule has 0 fully saturated rings. The van der Waals surface area contributed by atoms with Crippen molar-refractivity contribution in [2.75, 3.05) is 0 Å². The van der Waals surface area contributed by atoms with Gasteiger partial charge in [-0.25, -0.2) is 0 Å². The number of hydrogen-bond acceptors (Lipinski definition) is 1. The van der Waals surface area contributed by atoms with Gasteiger partial charge in [-0.3, -0.25) is 0 Å². The zero-order valence-corrected chi connectivity index (χ0v) is 29.0. The Hall–Kier alpha value is -6.42. The Morgan fingerprint density at radius 1 is 0.404 bits per heavy atom. The second-order valence-corrected chi connectivity index (χ2v) is 15.1. The fraction of sp³-hybridized carbons (Fsp3) is 0.0204. The van der Waals surface area contributed by atoms with Crippen molar-refractivity contribution in [1.82, 2.24) is 9.13 Å². The lowest BCUT2D eigenvalue weighted by molar-refractivity contribution is 1.16. The molecule has 0 N–H and O–H groups in total. The highest BCUT2D eigenvalue weighted by Gasteiger charge is 2.25. The lowest BCUT2D eigenvalue weighted by Gasteiger charge is -2.12. The Labute approximate surface area is 304 Å². The lowest BCUT2D eigenvalue weighted by atomic mass is 9.95. The summed E-state index contributed by atoms with van der Waals surface area (Å²) in [4.78, 5) is 0. The van der Waals surface area contributed by atoms with E-state index in [4.69, 9.17) is 0 Å². The zero-order valence-electron chi connectivity index (χ0n) is 28.2. The molecule has 0 atom stereocenters. The number of para-hydroxylation sites is 3. The zero-order chi connectivity index (χ0) is 33.9. The number of benzene rings is 8. The highest BCUT2D eigenvalue weighted by atomic mass is 32.1. The van der Waals surface area contributed by atoms with E-state index in [2.05, 4.69) is 179 Å². The van der Waals surface area contributed by atoms with Crippen molar-refractivity contribution < 1.29 is 0 Å². The minimum Gasteiger partial charge on any atom is -0.309 e. The van der Waals surface area contributed by atoms with Gasteiger partial charge in [-0.05, 0) is 88.3 Å². The molecule has 0 unspecified atom stereocenters. The smallest absolute Gasteiger partial charge is 0.0641 e. The molecule has 0 bridgehead atoms. The summed E-state index contributed by atoms with van der Waals surface area (Å²) in [6, 6.07) is 62.9. The molecule has 1 aliphatic rings. The van der Waals surface area contributed by atoms with Gasteiger partial charge in [0, 0.05) is 53.1 Å². The number of aromatic nitrogens is 2. The van der Waals surface area contributed by atoms with E-state index in [0.29, 0.717) is 0 Å². The van der Waals surface area contributed by atoms with Crippen molar-refractivity contribution >= 4 is 75.1 Å². The minimum atomic E-state index is 0.913. The van der Waals surface area contributed by atoms with E-state index in [1.807, 2.05) is 11.3 Å². The Balaban J connectivity index is 1.08. The van der Waals surface area contributed by atoms with Crippen LogP contribution in [0.1, 0.15) is 11.1 Å². The molecule has 12 rings (SSSR count). The SMILES string of the molecule is c1ccc(-n2c3ccccc3c3c2ccc2c4ccccc4n(-c4ccc5c(c4)Cc4c-5cccc4-c4cccc5c4sc4ccccc45)c23)cc1. The average molecular weight is 679 g/mol. The summed E-state index contributed by atoms with van der Waals surface area (Å²) >= 11 is 1.91. The van der Waals surface area contributed by atoms with Crippen molar-refractivity contribution in [2.24, 2.45) is 0 Å². The molecule has 0 spiro atoms. The van der Waals surface area contributed by atoms with Gasteiger partial charge in [-0.1, -0.05) is 121 Å². The van der Waals surface area contributed by atoms with E-state index in [1.54, 1.807) is 0 Å². The van der Waals surface area contributed by atoms with E-state index in [0.717, 1.165) is 6.42 Å². The van der Waals surface area contributed by atoms with E-state index in [9.17, 15) is 0 Å². The number of fused-ring (bicyclic) bond motifs is 13. The van der Waals surface area contributed by atoms with Gasteiger partial charge in [0.1, 0.15) is 0 Å². The molecule has 52 heavy (non-hydrogen) atoms. The highest BCUT2D eigenvalue weighted by molar-refractivity contribution is 7.26. The Bertz CT molecular complexity index is 3260. The van der Waals surface area contributed by atoms with E-state index >= 15 is 0 Å². The molecule has 1 aliphatic carbocycles. The minimum absolute atomic E-state index is 0.913. The normalized spacial score (nSPS) is 12.5. The summed E-state index contributed by atoms with van der Waals surface area (Å²) in [7, 11) is 0. The number of hydrogen-bond donors (Lipinski definition) is 0. The highest BCUT2D eigenvalue weighted by Crippen LogP contribution is 2.47. The maximum Gasteiger partial charge on any atom is 0.0641 e. The molecule has 0 aliphatic heterocycles. The molecule has 3 aromatic heterocycles. The average Bonchev–Trinajstić information content (AvgIpc) is 3.95. The van der Waals surface area contributed by atoms with Crippen LogP contribution < -0.4 is 0 Å². The van der Waals surface area contributed by atoms with Gasteiger partial charge in [0.05, 0.1) is 22.1 Å². The molecule has 3 heterocycles. The van der Waals surface area contributed by atoms with Crippen molar-refractivity contribution in [2.45, 2.75) is 6.42 Å². The van der Waals surface area contributed by atoms with Crippen LogP contribution in [0.15, 0.2) is 170 Å². The number of nitrogens with zero attached hydrogens (tertiary/aromatic N) is 2. The third-order valence-electron chi connectivity index (χ3n) is 11.4. The molecule has 242 valence electrons. The van der Waals surface area contributed by atoms with E-state index in [-0.39, 0.29) is 0 Å². The predicted octanol–water partition coefficient (Wildman–Crippen LogP) is 13.5. The quantitative estimate of drug-likeness (QED) is 0.176. The van der Waals surface area contributed by atoms with Crippen LogP contribution in [0.25, 0.3) is 97.4 Å². The van der Waals surface area contributed by atoms with Gasteiger partial charge in [0.2, 0.25) is 0 Å². The maximum atomic E-state index is 2.52. The van der Waals surface area contributed by atoms with Crippen molar-refractivity contribution in [1.29, 1.82) is 0 Å². The van der Waals surface area contributed by atoms with Crippen LogP contribution in [0.4, 0.5) is 0 Å². The summed E-state index contributed by atoms with van der Waals surface area (Å²) < 4.78 is 7.66. The van der Waals surface area contributed by atoms with E-state index in [1.165, 1.54) is 109 Å². The number of rotatable bonds is 3. The van der Waals surface area contributed by atoms with Gasteiger partial charge >= 0.3 is 0 Å². The van der Waals surface area contributed by atoms with Gasteiger partial charge in [-0.15, -0.1) is 11.3 Å². The second-order valence-electron chi connectivity index (χ2n) is 14.0. The third-order valence-corrected chi connectivity index (χ3v) is 12.6. The van der Waals surface area contributed by atoms with Gasteiger partial charge < -0.3 is 9.13 Å². The van der Waals surface area contributed by atoms with E-state index < -0.39 is 0 Å². The first-order valence-electron chi connectivity index (χ1n) is 18.0. The Morgan fingerprint density at radius 2 is 1.08 bits per heavy atom. The molecule has 8 aromatic carbocycles. The van der Waals surface area contributed by atoms with Crippen LogP contribution in [0.5, 0.6) is 0 Å². The molecule has 0 saturated heterocycles. The van der Waals surface area contributed by atoms with Gasteiger partial charge in [-0.2, -0.15) is 0 Å². The predicted molar refractivity (Wildman–Crippen MR) is 222 cm³/mol. The number of thiophene rings is 1. The lowest BCUT2D eigenvalue weighted by Crippen LogP contribution is -1.96. The molecule has 11 aromatic rings. The van der Waals surface area contributed by atoms with Crippen LogP contribution >= 0.6 is 11.3 Å². The van der Waals surface area contributed by atoms with Crippen molar-refractivity contribution in [3.8, 4) is 33.6 Å². The van der Waals surface area contributed by atoms with Crippen LogP contribution in [0, 0.1) is 0 Å². The standard InChI is InChI=1S/C49H30N2S/c1-2-12-31(13-3-1)50-44-22-8-5-16-41(44)47-45(50)27-26-38-36-14-4-7-21-43(36)51(48(38)47)32-24-25-33-30(28-32)29-42-34(33)17-10-18-35(42)39-19-11-20-40-37-15-6-9-23-46(37)52-49(39)40/h1-28H,29H2. The molecule has 2 nitrogen and oxygen atoms in total. The summed E-state index contributed by atoms with van der Waals surface area (Å²) in [5.41, 5.74) is 15.5. The summed E-state index contributed by atoms with van der Waals surface area (Å²) in [5.74, 6) is 0. The Morgan fingerprint density at radius 3 is 1.94 bits per heavy atom. The summed E-state index contributed by atoms with van der Waals surface area (Å²) in [6.45, 7) is 0. The summed E-state index contributed by atoms with van der Waals surface area (Å²) in [6.07, 6.45) is 0.913. The molecular formula is C49H30N2S. The second kappa shape index (κ2) is 10.6. The van der Waals surface area contributed by atoms with Crippen LogP contribution in [0.2, 0.25) is 0 Å². The largest absolute Gasteiger partial charge is 0.309 e. The fourth-order valence-corrected chi connectivity index (χ4v) is 10.4.